The highest BCUT2D eigenvalue weighted by atomic mass is 32.2. The van der Waals surface area contributed by atoms with Crippen LogP contribution in [0.1, 0.15) is 32.1 Å². The van der Waals surface area contributed by atoms with Gasteiger partial charge in [-0.1, -0.05) is 6.08 Å². The van der Waals surface area contributed by atoms with E-state index in [1.807, 2.05) is 6.08 Å². The van der Waals surface area contributed by atoms with Crippen LogP contribution in [0.5, 0.6) is 0 Å². The van der Waals surface area contributed by atoms with Gasteiger partial charge >= 0.3 is 0 Å². The second-order valence-corrected chi connectivity index (χ2v) is 9.75. The van der Waals surface area contributed by atoms with Gasteiger partial charge in [-0.05, 0) is 32.1 Å². The molecule has 0 aromatic heterocycles. The molecule has 3 fully saturated rings. The summed E-state index contributed by atoms with van der Waals surface area (Å²) in [4.78, 5) is 16.7. The van der Waals surface area contributed by atoms with Crippen LogP contribution in [-0.2, 0) is 19.4 Å². The lowest BCUT2D eigenvalue weighted by Crippen LogP contribution is -2.49. The maximum atomic E-state index is 12.8. The van der Waals surface area contributed by atoms with Gasteiger partial charge in [0.15, 0.2) is 9.84 Å². The Morgan fingerprint density at radius 1 is 1.17 bits per heavy atom. The second-order valence-electron chi connectivity index (χ2n) is 7.13. The molecule has 1 amide bonds. The lowest BCUT2D eigenvalue weighted by atomic mass is 10.1. The zero-order valence-electron chi connectivity index (χ0n) is 13.4. The molecule has 0 radical (unpaired) electrons. The van der Waals surface area contributed by atoms with Crippen LogP contribution in [0.15, 0.2) is 11.8 Å². The van der Waals surface area contributed by atoms with E-state index < -0.39 is 14.6 Å². The first kappa shape index (κ1) is 15.4. The van der Waals surface area contributed by atoms with E-state index in [1.165, 1.54) is 0 Å². The van der Waals surface area contributed by atoms with Gasteiger partial charge in [-0.3, -0.25) is 4.79 Å². The van der Waals surface area contributed by atoms with E-state index in [2.05, 4.69) is 4.90 Å². The molecule has 1 saturated heterocycles. The smallest absolute Gasteiger partial charge is 0.269 e. The molecule has 0 unspecified atom stereocenters. The van der Waals surface area contributed by atoms with Crippen molar-refractivity contribution in [1.29, 1.82) is 0 Å². The minimum Gasteiger partial charge on any atom is -0.378 e. The molecule has 0 aromatic carbocycles. The van der Waals surface area contributed by atoms with Gasteiger partial charge in [0.25, 0.3) is 5.91 Å². The third kappa shape index (κ3) is 2.67. The Morgan fingerprint density at radius 2 is 1.87 bits per heavy atom. The Kier molecular flexibility index (Phi) is 3.68. The molecule has 2 aliphatic carbocycles. The molecule has 0 aromatic rings. The average Bonchev–Trinajstić information content (AvgIpc) is 3.44. The van der Waals surface area contributed by atoms with Crippen LogP contribution < -0.4 is 0 Å². The van der Waals surface area contributed by atoms with Gasteiger partial charge in [-0.2, -0.15) is 0 Å². The number of nitrogens with zero attached hydrogens (tertiary/aromatic N) is 2. The van der Waals surface area contributed by atoms with Gasteiger partial charge in [-0.25, -0.2) is 8.42 Å². The Morgan fingerprint density at radius 3 is 2.48 bits per heavy atom. The number of morpholine rings is 1. The second kappa shape index (κ2) is 5.48. The Hall–Kier alpha value is -1.08. The van der Waals surface area contributed by atoms with E-state index >= 15 is 0 Å². The van der Waals surface area contributed by atoms with Gasteiger partial charge in [0.2, 0.25) is 0 Å². The van der Waals surface area contributed by atoms with Crippen molar-refractivity contribution in [2.24, 2.45) is 0 Å². The summed E-state index contributed by atoms with van der Waals surface area (Å²) in [5.41, 5.74) is 0.735. The van der Waals surface area contributed by atoms with Crippen LogP contribution >= 0.6 is 0 Å². The van der Waals surface area contributed by atoms with Crippen molar-refractivity contribution in [1.82, 2.24) is 9.80 Å². The molecule has 4 aliphatic rings. The lowest BCUT2D eigenvalue weighted by molar-refractivity contribution is -0.130. The summed E-state index contributed by atoms with van der Waals surface area (Å²) in [5, 5.41) is -0.140. The summed E-state index contributed by atoms with van der Waals surface area (Å²) in [5.74, 6) is -0.00424. The first-order chi connectivity index (χ1) is 11.0. The largest absolute Gasteiger partial charge is 0.378 e. The highest BCUT2D eigenvalue weighted by Gasteiger charge is 2.60. The van der Waals surface area contributed by atoms with Crippen molar-refractivity contribution < 1.29 is 17.9 Å². The van der Waals surface area contributed by atoms with Gasteiger partial charge < -0.3 is 14.5 Å². The zero-order chi connectivity index (χ0) is 16.1. The summed E-state index contributed by atoms with van der Waals surface area (Å²) in [6.45, 7) is 3.77. The third-order valence-electron chi connectivity index (χ3n) is 5.45. The Balaban J connectivity index is 1.48. The average molecular weight is 340 g/mol. The van der Waals surface area contributed by atoms with Gasteiger partial charge in [-0.15, -0.1) is 0 Å². The van der Waals surface area contributed by atoms with E-state index in [4.69, 9.17) is 4.74 Å². The number of hydrogen-bond donors (Lipinski definition) is 0. The Labute approximate surface area is 137 Å². The monoisotopic (exact) mass is 340 g/mol. The summed E-state index contributed by atoms with van der Waals surface area (Å²) in [6.07, 6.45) is 5.84. The van der Waals surface area contributed by atoms with Crippen molar-refractivity contribution >= 4 is 15.7 Å². The molecule has 128 valence electrons. The number of amides is 1. The topological polar surface area (TPSA) is 66.9 Å². The van der Waals surface area contributed by atoms with Crippen molar-refractivity contribution in [3.05, 3.63) is 11.8 Å². The summed E-state index contributed by atoms with van der Waals surface area (Å²) in [7, 11) is -3.07. The molecule has 7 heteroatoms. The molecule has 4 rings (SSSR count). The van der Waals surface area contributed by atoms with E-state index in [1.54, 1.807) is 4.90 Å². The minimum absolute atomic E-state index is 0.00424. The molecule has 0 atom stereocenters. The van der Waals surface area contributed by atoms with E-state index in [0.29, 0.717) is 39.1 Å². The molecular weight excluding hydrogens is 316 g/mol. The number of sulfone groups is 1. The number of rotatable bonds is 5. The lowest BCUT2D eigenvalue weighted by Gasteiger charge is -2.37. The molecular formula is C16H24N2O4S. The van der Waals surface area contributed by atoms with Gasteiger partial charge in [0.1, 0.15) is 0 Å². The van der Waals surface area contributed by atoms with E-state index in [-0.39, 0.29) is 11.2 Å². The zero-order valence-corrected chi connectivity index (χ0v) is 14.2. The molecule has 2 heterocycles. The number of ether oxygens (including phenoxy) is 1. The fourth-order valence-electron chi connectivity index (χ4n) is 3.68. The minimum atomic E-state index is -3.07. The van der Waals surface area contributed by atoms with Crippen molar-refractivity contribution in [2.45, 2.75) is 42.1 Å². The summed E-state index contributed by atoms with van der Waals surface area (Å²) < 4.78 is 30.0. The molecule has 0 spiro atoms. The first-order valence-corrected chi connectivity index (χ1v) is 10.1. The maximum Gasteiger partial charge on any atom is 0.269 e. The fourth-order valence-corrected chi connectivity index (χ4v) is 6.15. The fraction of sp³-hybridized carbons (Fsp3) is 0.812. The van der Waals surface area contributed by atoms with Crippen LogP contribution in [0.25, 0.3) is 0 Å². The number of carbonyl (C=O) groups is 1. The number of carbonyl (C=O) groups excluding carboxylic acids is 1. The third-order valence-corrected chi connectivity index (χ3v) is 8.54. The quantitative estimate of drug-likeness (QED) is 0.731. The molecule has 2 aliphatic heterocycles. The molecule has 23 heavy (non-hydrogen) atoms. The molecule has 6 nitrogen and oxygen atoms in total. The van der Waals surface area contributed by atoms with Crippen molar-refractivity contribution in [2.75, 3.05) is 39.4 Å². The van der Waals surface area contributed by atoms with Gasteiger partial charge in [0.05, 0.1) is 28.9 Å². The van der Waals surface area contributed by atoms with Crippen molar-refractivity contribution in [3.63, 3.8) is 0 Å². The highest BCUT2D eigenvalue weighted by molar-refractivity contribution is 7.94. The van der Waals surface area contributed by atoms with Crippen LogP contribution in [0, 0.1) is 0 Å². The van der Waals surface area contributed by atoms with Crippen LogP contribution in [0.4, 0.5) is 0 Å². The van der Waals surface area contributed by atoms with Crippen LogP contribution in [0.3, 0.4) is 0 Å². The van der Waals surface area contributed by atoms with Crippen molar-refractivity contribution in [3.8, 4) is 0 Å². The summed E-state index contributed by atoms with van der Waals surface area (Å²) in [6, 6.07) is 0. The predicted octanol–water partition coefficient (Wildman–Crippen LogP) is 0.545. The molecule has 0 bridgehead atoms. The molecule has 0 N–H and O–H groups in total. The summed E-state index contributed by atoms with van der Waals surface area (Å²) >= 11 is 0. The predicted molar refractivity (Wildman–Crippen MR) is 85.6 cm³/mol. The van der Waals surface area contributed by atoms with Gasteiger partial charge in [0, 0.05) is 26.2 Å². The van der Waals surface area contributed by atoms with E-state index in [9.17, 15) is 13.2 Å². The SMILES string of the molecule is O=C1C(N2CCOCC2)=CCCN1CC1(S(=O)(=O)C2CC2)CC1. The number of hydrogen-bond acceptors (Lipinski definition) is 5. The Bertz CT molecular complexity index is 628. The standard InChI is InChI=1S/C16H24N2O4S/c19-15-14(17-8-10-22-11-9-17)2-1-7-18(15)12-16(5-6-16)23(20,21)13-3-4-13/h2,13H,1,3-12H2. The van der Waals surface area contributed by atoms with Crippen LogP contribution in [0.2, 0.25) is 0 Å². The normalized spacial score (nSPS) is 27.8. The van der Waals surface area contributed by atoms with Crippen LogP contribution in [-0.4, -0.2) is 73.5 Å². The maximum absolute atomic E-state index is 12.8. The highest BCUT2D eigenvalue weighted by Crippen LogP contribution is 2.50. The van der Waals surface area contributed by atoms with E-state index in [0.717, 1.165) is 38.0 Å². The molecule has 2 saturated carbocycles. The first-order valence-electron chi connectivity index (χ1n) is 8.59.